The van der Waals surface area contributed by atoms with Gasteiger partial charge in [-0.3, -0.25) is 0 Å². The van der Waals surface area contributed by atoms with Crippen molar-refractivity contribution in [2.75, 3.05) is 0 Å². The van der Waals surface area contributed by atoms with Gasteiger partial charge in [0.05, 0.1) is 4.47 Å². The largest absolute Gasteiger partial charge is 0.507 e. The maximum Gasteiger partial charge on any atom is 0.130 e. The normalized spacial score (nSPS) is 7.95. The molecule has 0 atom stereocenters. The number of benzene rings is 1. The minimum absolute atomic E-state index is 0.301. The number of hydrogen-bond acceptors (Lipinski definition) is 2. The molecule has 20 heavy (non-hydrogen) atoms. The molecule has 3 N–H and O–H groups in total. The van der Waals surface area contributed by atoms with Crippen molar-refractivity contribution in [2.45, 2.75) is 60.8 Å². The molecule has 0 amide bonds. The third-order valence-electron chi connectivity index (χ3n) is 2.02. The van der Waals surface area contributed by atoms with Crippen LogP contribution in [0, 0.1) is 6.92 Å². The molecule has 3 heteroatoms. The van der Waals surface area contributed by atoms with Crippen molar-refractivity contribution in [1.29, 1.82) is 0 Å². The first-order chi connectivity index (χ1) is 9.49. The van der Waals surface area contributed by atoms with Crippen molar-refractivity contribution < 1.29 is 5.11 Å². The molecule has 0 fully saturated rings. The van der Waals surface area contributed by atoms with Crippen LogP contribution >= 0.6 is 15.9 Å². The summed E-state index contributed by atoms with van der Waals surface area (Å²) >= 11 is 3.23. The average molecular weight is 346 g/mol. The molecule has 118 valence electrons. The van der Waals surface area contributed by atoms with E-state index in [0.717, 1.165) is 22.2 Å². The standard InChI is InChI=1S/C7H7BrO.C6H13N.2C2H6/c1-5-3-2-4-6(9)7(5)8;1-3-4-5-6(2)7;2*1-2/h2-4,9H,1H3;2-5,7H2,1H3;2*1-2H3. The van der Waals surface area contributed by atoms with E-state index in [2.05, 4.69) is 29.4 Å². The zero-order chi connectivity index (χ0) is 16.6. The van der Waals surface area contributed by atoms with E-state index in [1.807, 2.05) is 46.8 Å². The summed E-state index contributed by atoms with van der Waals surface area (Å²) in [7, 11) is 0. The molecule has 0 spiro atoms. The highest BCUT2D eigenvalue weighted by atomic mass is 79.9. The third kappa shape index (κ3) is 15.1. The first-order valence-corrected chi connectivity index (χ1v) is 8.15. The zero-order valence-electron chi connectivity index (χ0n) is 14.0. The van der Waals surface area contributed by atoms with E-state index in [1.54, 1.807) is 6.07 Å². The Kier molecular flexibility index (Phi) is 21.7. The lowest BCUT2D eigenvalue weighted by Crippen LogP contribution is -1.92. The molecule has 1 aromatic rings. The van der Waals surface area contributed by atoms with Crippen LogP contribution in [-0.2, 0) is 0 Å². The van der Waals surface area contributed by atoms with Gasteiger partial charge in [0, 0.05) is 5.70 Å². The number of allylic oxidation sites excluding steroid dienone is 1. The van der Waals surface area contributed by atoms with Gasteiger partial charge in [0.1, 0.15) is 5.75 Å². The molecule has 1 aromatic carbocycles. The van der Waals surface area contributed by atoms with Crippen LogP contribution in [0.25, 0.3) is 0 Å². The molecule has 0 bridgehead atoms. The number of rotatable bonds is 3. The summed E-state index contributed by atoms with van der Waals surface area (Å²) in [4.78, 5) is 0. The fraction of sp³-hybridized carbons (Fsp3) is 0.529. The topological polar surface area (TPSA) is 46.2 Å². The molecule has 0 saturated heterocycles. The van der Waals surface area contributed by atoms with Crippen LogP contribution in [0.2, 0.25) is 0 Å². The van der Waals surface area contributed by atoms with Crippen LogP contribution in [0.5, 0.6) is 5.75 Å². The molecule has 0 heterocycles. The van der Waals surface area contributed by atoms with E-state index in [4.69, 9.17) is 10.8 Å². The van der Waals surface area contributed by atoms with Crippen molar-refractivity contribution in [3.8, 4) is 5.75 Å². The van der Waals surface area contributed by atoms with Crippen LogP contribution in [-0.4, -0.2) is 5.11 Å². The summed E-state index contributed by atoms with van der Waals surface area (Å²) in [5.41, 5.74) is 7.14. The highest BCUT2D eigenvalue weighted by Crippen LogP contribution is 2.25. The molecule has 0 unspecified atom stereocenters. The van der Waals surface area contributed by atoms with E-state index in [0.29, 0.717) is 5.75 Å². The number of halogens is 1. The molecule has 0 saturated carbocycles. The highest BCUT2D eigenvalue weighted by molar-refractivity contribution is 9.10. The van der Waals surface area contributed by atoms with Crippen LogP contribution in [0.3, 0.4) is 0 Å². The van der Waals surface area contributed by atoms with Gasteiger partial charge in [0.25, 0.3) is 0 Å². The smallest absolute Gasteiger partial charge is 0.130 e. The second kappa shape index (κ2) is 18.0. The van der Waals surface area contributed by atoms with E-state index in [1.165, 1.54) is 12.8 Å². The van der Waals surface area contributed by atoms with Crippen molar-refractivity contribution in [1.82, 2.24) is 0 Å². The summed E-state index contributed by atoms with van der Waals surface area (Å²) in [6.45, 7) is 15.6. The van der Waals surface area contributed by atoms with Crippen molar-refractivity contribution in [3.05, 3.63) is 40.5 Å². The molecule has 0 aliphatic heterocycles. The summed E-state index contributed by atoms with van der Waals surface area (Å²) < 4.78 is 0.782. The number of phenols is 1. The highest BCUT2D eigenvalue weighted by Gasteiger charge is 1.96. The number of nitrogens with two attached hydrogens (primary N) is 1. The Hall–Kier alpha value is -0.960. The Balaban J connectivity index is -0.000000236. The number of phenolic OH excluding ortho intramolecular Hbond substituents is 1. The summed E-state index contributed by atoms with van der Waals surface area (Å²) in [6, 6.07) is 5.40. The maximum absolute atomic E-state index is 9.05. The number of aromatic hydroxyl groups is 1. The predicted octanol–water partition coefficient (Wildman–Crippen LogP) is 6.16. The molecular formula is C17H32BrNO. The lowest BCUT2D eigenvalue weighted by Gasteiger charge is -1.97. The summed E-state index contributed by atoms with van der Waals surface area (Å²) in [5.74, 6) is 0.301. The first kappa shape index (κ1) is 24.1. The number of aryl methyl sites for hydroxylation is 1. The lowest BCUT2D eigenvalue weighted by atomic mass is 10.2. The van der Waals surface area contributed by atoms with Crippen LogP contribution in [0.1, 0.15) is 59.4 Å². The van der Waals surface area contributed by atoms with Gasteiger partial charge in [-0.2, -0.15) is 0 Å². The Morgan fingerprint density at radius 2 is 1.75 bits per heavy atom. The maximum atomic E-state index is 9.05. The molecule has 0 aliphatic carbocycles. The van der Waals surface area contributed by atoms with Gasteiger partial charge in [-0.05, 0) is 47.3 Å². The Labute approximate surface area is 134 Å². The van der Waals surface area contributed by atoms with E-state index in [9.17, 15) is 0 Å². The zero-order valence-corrected chi connectivity index (χ0v) is 15.5. The van der Waals surface area contributed by atoms with Gasteiger partial charge >= 0.3 is 0 Å². The minimum atomic E-state index is 0.301. The van der Waals surface area contributed by atoms with Gasteiger partial charge in [-0.15, -0.1) is 0 Å². The summed E-state index contributed by atoms with van der Waals surface area (Å²) in [5, 5.41) is 9.05. The molecule has 0 aliphatic rings. The summed E-state index contributed by atoms with van der Waals surface area (Å²) in [6.07, 6.45) is 3.36. The molecule has 0 aromatic heterocycles. The van der Waals surface area contributed by atoms with Crippen LogP contribution < -0.4 is 5.73 Å². The monoisotopic (exact) mass is 345 g/mol. The van der Waals surface area contributed by atoms with Crippen molar-refractivity contribution >= 4 is 15.9 Å². The second-order valence-corrected chi connectivity index (χ2v) is 4.46. The van der Waals surface area contributed by atoms with Gasteiger partial charge in [0.15, 0.2) is 0 Å². The SMILES string of the molecule is C=C(N)CCCC.CC.CC.Cc1cccc(O)c1Br. The fourth-order valence-corrected chi connectivity index (χ4v) is 1.30. The molecule has 1 rings (SSSR count). The van der Waals surface area contributed by atoms with Gasteiger partial charge in [0.2, 0.25) is 0 Å². The van der Waals surface area contributed by atoms with Gasteiger partial charge < -0.3 is 10.8 Å². The average Bonchev–Trinajstić information content (AvgIpc) is 2.47. The fourth-order valence-electron chi connectivity index (χ4n) is 1.04. The number of unbranched alkanes of at least 4 members (excludes halogenated alkanes) is 1. The van der Waals surface area contributed by atoms with E-state index in [-0.39, 0.29) is 0 Å². The second-order valence-electron chi connectivity index (χ2n) is 3.67. The third-order valence-corrected chi connectivity index (χ3v) is 3.05. The van der Waals surface area contributed by atoms with Crippen molar-refractivity contribution in [2.24, 2.45) is 5.73 Å². The van der Waals surface area contributed by atoms with Gasteiger partial charge in [-0.1, -0.05) is 59.8 Å². The minimum Gasteiger partial charge on any atom is -0.507 e. The molecule has 2 nitrogen and oxygen atoms in total. The van der Waals surface area contributed by atoms with Crippen molar-refractivity contribution in [3.63, 3.8) is 0 Å². The Morgan fingerprint density at radius 3 is 2.00 bits per heavy atom. The molecule has 0 radical (unpaired) electrons. The number of hydrogen-bond donors (Lipinski definition) is 2. The Bertz CT molecular complexity index is 318. The van der Waals surface area contributed by atoms with Crippen LogP contribution in [0.15, 0.2) is 34.9 Å². The first-order valence-electron chi connectivity index (χ1n) is 7.36. The van der Waals surface area contributed by atoms with E-state index < -0.39 is 0 Å². The van der Waals surface area contributed by atoms with E-state index >= 15 is 0 Å². The predicted molar refractivity (Wildman–Crippen MR) is 96.1 cm³/mol. The lowest BCUT2D eigenvalue weighted by molar-refractivity contribution is 0.471. The molecular weight excluding hydrogens is 314 g/mol. The quantitative estimate of drug-likeness (QED) is 0.688. The Morgan fingerprint density at radius 1 is 1.25 bits per heavy atom. The van der Waals surface area contributed by atoms with Gasteiger partial charge in [-0.25, -0.2) is 0 Å². The van der Waals surface area contributed by atoms with Crippen LogP contribution in [0.4, 0.5) is 0 Å².